The van der Waals surface area contributed by atoms with E-state index in [1.54, 1.807) is 11.3 Å². The van der Waals surface area contributed by atoms with Crippen molar-refractivity contribution in [2.24, 2.45) is 0 Å². The first-order valence-electron chi connectivity index (χ1n) is 4.08. The lowest BCUT2D eigenvalue weighted by Gasteiger charge is -1.96. The minimum absolute atomic E-state index is 0.310. The van der Waals surface area contributed by atoms with Crippen molar-refractivity contribution in [2.45, 2.75) is 6.32 Å². The molecule has 0 bridgehead atoms. The Hall–Kier alpha value is -0.835. The molecule has 0 spiro atoms. The Morgan fingerprint density at radius 1 is 1.23 bits per heavy atom. The van der Waals surface area contributed by atoms with Crippen LogP contribution in [-0.4, -0.2) is 17.2 Å². The Labute approximate surface area is 80.6 Å². The van der Waals surface area contributed by atoms with Crippen molar-refractivity contribution in [3.8, 4) is 0 Å². The topological polar surface area (TPSA) is 40.5 Å². The second kappa shape index (κ2) is 3.50. The van der Waals surface area contributed by atoms with Crippen LogP contribution in [0, 0.1) is 0 Å². The van der Waals surface area contributed by atoms with Gasteiger partial charge in [-0.3, -0.25) is 0 Å². The van der Waals surface area contributed by atoms with Gasteiger partial charge in [0.25, 0.3) is 0 Å². The molecule has 2 aromatic rings. The molecule has 0 atom stereocenters. The second-order valence-electron chi connectivity index (χ2n) is 2.94. The van der Waals surface area contributed by atoms with Crippen molar-refractivity contribution >= 4 is 28.5 Å². The molecule has 2 rings (SSSR count). The van der Waals surface area contributed by atoms with Gasteiger partial charge >= 0.3 is 7.12 Å². The molecule has 0 saturated heterocycles. The molecule has 2 nitrogen and oxygen atoms in total. The largest absolute Gasteiger partial charge is 0.456 e. The molecule has 1 heterocycles. The Morgan fingerprint density at radius 3 is 2.77 bits per heavy atom. The Balaban J connectivity index is 2.46. The standard InChI is InChI=1S/C9H9BO2S/c11-10(12)5-7-6-13-9-4-2-1-3-8(7)9/h1-4,6,11-12H,5H2. The van der Waals surface area contributed by atoms with E-state index in [-0.39, 0.29) is 0 Å². The summed E-state index contributed by atoms with van der Waals surface area (Å²) in [6, 6.07) is 7.98. The van der Waals surface area contributed by atoms with Gasteiger partial charge in [-0.15, -0.1) is 11.3 Å². The monoisotopic (exact) mass is 192 g/mol. The summed E-state index contributed by atoms with van der Waals surface area (Å²) in [6.45, 7) is 0. The highest BCUT2D eigenvalue weighted by molar-refractivity contribution is 7.17. The fourth-order valence-corrected chi connectivity index (χ4v) is 2.36. The van der Waals surface area contributed by atoms with E-state index in [1.165, 1.54) is 4.70 Å². The number of fused-ring (bicyclic) bond motifs is 1. The van der Waals surface area contributed by atoms with Crippen molar-refractivity contribution < 1.29 is 10.0 Å². The van der Waals surface area contributed by atoms with E-state index < -0.39 is 7.12 Å². The molecule has 0 unspecified atom stereocenters. The molecule has 1 aromatic carbocycles. The third-order valence-electron chi connectivity index (χ3n) is 1.96. The van der Waals surface area contributed by atoms with Gasteiger partial charge in [0.15, 0.2) is 0 Å². The number of benzene rings is 1. The minimum Gasteiger partial charge on any atom is -0.427 e. The van der Waals surface area contributed by atoms with Crippen LogP contribution in [0.15, 0.2) is 29.6 Å². The van der Waals surface area contributed by atoms with E-state index in [2.05, 4.69) is 0 Å². The average Bonchev–Trinajstić information content (AvgIpc) is 2.48. The van der Waals surface area contributed by atoms with Crippen LogP contribution in [0.5, 0.6) is 0 Å². The predicted molar refractivity (Wildman–Crippen MR) is 55.7 cm³/mol. The summed E-state index contributed by atoms with van der Waals surface area (Å²) in [6.07, 6.45) is 0.310. The van der Waals surface area contributed by atoms with Crippen LogP contribution in [-0.2, 0) is 6.32 Å². The zero-order chi connectivity index (χ0) is 9.26. The molecule has 0 aliphatic heterocycles. The highest BCUT2D eigenvalue weighted by Crippen LogP contribution is 2.25. The lowest BCUT2D eigenvalue weighted by atomic mass is 9.82. The number of rotatable bonds is 2. The van der Waals surface area contributed by atoms with Crippen molar-refractivity contribution in [1.82, 2.24) is 0 Å². The SMILES string of the molecule is OB(O)Cc1csc2ccccc12. The summed E-state index contributed by atoms with van der Waals surface area (Å²) in [5.41, 5.74) is 1.01. The summed E-state index contributed by atoms with van der Waals surface area (Å²) < 4.78 is 1.19. The van der Waals surface area contributed by atoms with Crippen LogP contribution in [0.2, 0.25) is 0 Å². The molecule has 0 amide bonds. The molecule has 0 radical (unpaired) electrons. The molecular formula is C9H9BO2S. The van der Waals surface area contributed by atoms with Gasteiger partial charge in [-0.1, -0.05) is 18.2 Å². The zero-order valence-corrected chi connectivity index (χ0v) is 7.79. The molecule has 0 fully saturated rings. The molecule has 0 saturated carbocycles. The van der Waals surface area contributed by atoms with E-state index in [1.807, 2.05) is 29.6 Å². The first-order chi connectivity index (χ1) is 6.27. The van der Waals surface area contributed by atoms with Crippen molar-refractivity contribution in [3.63, 3.8) is 0 Å². The minimum atomic E-state index is -1.25. The van der Waals surface area contributed by atoms with Crippen LogP contribution >= 0.6 is 11.3 Å². The fourth-order valence-electron chi connectivity index (χ4n) is 1.39. The van der Waals surface area contributed by atoms with Crippen LogP contribution in [0.25, 0.3) is 10.1 Å². The van der Waals surface area contributed by atoms with E-state index in [4.69, 9.17) is 10.0 Å². The third kappa shape index (κ3) is 1.75. The van der Waals surface area contributed by atoms with Gasteiger partial charge in [0.2, 0.25) is 0 Å². The summed E-state index contributed by atoms with van der Waals surface area (Å²) in [5.74, 6) is 0. The predicted octanol–water partition coefficient (Wildman–Crippen LogP) is 1.46. The molecule has 1 aromatic heterocycles. The maximum atomic E-state index is 8.84. The van der Waals surface area contributed by atoms with E-state index >= 15 is 0 Å². The molecule has 2 N–H and O–H groups in total. The Bertz CT molecular complexity index is 411. The molecule has 0 aliphatic carbocycles. The van der Waals surface area contributed by atoms with Gasteiger partial charge in [0, 0.05) is 11.0 Å². The summed E-state index contributed by atoms with van der Waals surface area (Å²) in [5, 5.41) is 20.8. The maximum absolute atomic E-state index is 8.84. The van der Waals surface area contributed by atoms with Crippen LogP contribution in [0.1, 0.15) is 5.56 Å². The second-order valence-corrected chi connectivity index (χ2v) is 3.85. The van der Waals surface area contributed by atoms with Crippen molar-refractivity contribution in [1.29, 1.82) is 0 Å². The van der Waals surface area contributed by atoms with Crippen LogP contribution < -0.4 is 0 Å². The van der Waals surface area contributed by atoms with Gasteiger partial charge in [-0.05, 0) is 22.4 Å². The zero-order valence-electron chi connectivity index (χ0n) is 6.97. The number of hydrogen-bond donors (Lipinski definition) is 2. The third-order valence-corrected chi connectivity index (χ3v) is 2.98. The highest BCUT2D eigenvalue weighted by atomic mass is 32.1. The molecule has 4 heteroatoms. The summed E-state index contributed by atoms with van der Waals surface area (Å²) in [7, 11) is -1.25. The van der Waals surface area contributed by atoms with Crippen molar-refractivity contribution in [2.75, 3.05) is 0 Å². The van der Waals surface area contributed by atoms with Gasteiger partial charge in [-0.2, -0.15) is 0 Å². The smallest absolute Gasteiger partial charge is 0.427 e. The van der Waals surface area contributed by atoms with Crippen LogP contribution in [0.4, 0.5) is 0 Å². The number of hydrogen-bond acceptors (Lipinski definition) is 3. The van der Waals surface area contributed by atoms with Crippen LogP contribution in [0.3, 0.4) is 0 Å². The molecule has 0 aliphatic rings. The maximum Gasteiger partial charge on any atom is 0.456 e. The molecular weight excluding hydrogens is 183 g/mol. The van der Waals surface area contributed by atoms with Gasteiger partial charge in [0.05, 0.1) is 0 Å². The lowest BCUT2D eigenvalue weighted by Crippen LogP contribution is -2.14. The van der Waals surface area contributed by atoms with Crippen molar-refractivity contribution in [3.05, 3.63) is 35.2 Å². The Morgan fingerprint density at radius 2 is 2.00 bits per heavy atom. The van der Waals surface area contributed by atoms with E-state index in [0.717, 1.165) is 10.9 Å². The molecule has 66 valence electrons. The Kier molecular flexibility index (Phi) is 2.35. The molecule has 13 heavy (non-hydrogen) atoms. The van der Waals surface area contributed by atoms with Gasteiger partial charge in [-0.25, -0.2) is 0 Å². The number of thiophene rings is 1. The summed E-state index contributed by atoms with van der Waals surface area (Å²) in [4.78, 5) is 0. The normalized spacial score (nSPS) is 10.6. The fraction of sp³-hybridized carbons (Fsp3) is 0.111. The summed E-state index contributed by atoms with van der Waals surface area (Å²) >= 11 is 1.63. The first kappa shape index (κ1) is 8.75. The van der Waals surface area contributed by atoms with E-state index in [9.17, 15) is 0 Å². The highest BCUT2D eigenvalue weighted by Gasteiger charge is 2.11. The average molecular weight is 192 g/mol. The quantitative estimate of drug-likeness (QED) is 0.707. The van der Waals surface area contributed by atoms with Gasteiger partial charge < -0.3 is 10.0 Å². The lowest BCUT2D eigenvalue weighted by molar-refractivity contribution is 0.405. The van der Waals surface area contributed by atoms with E-state index in [0.29, 0.717) is 6.32 Å². The first-order valence-corrected chi connectivity index (χ1v) is 4.96. The van der Waals surface area contributed by atoms with Gasteiger partial charge in [0.1, 0.15) is 0 Å².